The van der Waals surface area contributed by atoms with Crippen molar-refractivity contribution in [1.29, 1.82) is 0 Å². The van der Waals surface area contributed by atoms with E-state index in [9.17, 15) is 4.79 Å². The van der Waals surface area contributed by atoms with Gasteiger partial charge < -0.3 is 4.90 Å². The average Bonchev–Trinajstić information content (AvgIpc) is 2.22. The topological polar surface area (TPSA) is 20.3 Å². The molecule has 1 amide bonds. The predicted molar refractivity (Wildman–Crippen MR) is 94.9 cm³/mol. The summed E-state index contributed by atoms with van der Waals surface area (Å²) in [6.07, 6.45) is 10.6. The number of hydrogen-bond donors (Lipinski definition) is 0. The van der Waals surface area contributed by atoms with Crippen molar-refractivity contribution < 1.29 is 4.79 Å². The van der Waals surface area contributed by atoms with E-state index >= 15 is 0 Å². The molecule has 0 saturated carbocycles. The van der Waals surface area contributed by atoms with Gasteiger partial charge in [-0.25, -0.2) is 0 Å². The SMILES string of the molecule is CC(C)(C)CN(C(=O)SC(C)(C)C)C1/C=C/CCCCC1. The van der Waals surface area contributed by atoms with E-state index in [1.165, 1.54) is 31.0 Å². The van der Waals surface area contributed by atoms with Crippen LogP contribution in [-0.4, -0.2) is 27.5 Å². The van der Waals surface area contributed by atoms with Gasteiger partial charge in [-0.3, -0.25) is 4.79 Å². The van der Waals surface area contributed by atoms with Crippen molar-refractivity contribution >= 4 is 17.0 Å². The molecule has 0 spiro atoms. The van der Waals surface area contributed by atoms with Gasteiger partial charge in [-0.2, -0.15) is 0 Å². The molecule has 0 saturated heterocycles. The van der Waals surface area contributed by atoms with Crippen LogP contribution in [0.2, 0.25) is 0 Å². The lowest BCUT2D eigenvalue weighted by Crippen LogP contribution is -2.43. The second-order valence-electron chi connectivity index (χ2n) is 8.30. The molecule has 0 aromatic heterocycles. The molecule has 1 aliphatic carbocycles. The number of allylic oxidation sites excluding steroid dienone is 1. The molecule has 0 N–H and O–H groups in total. The maximum absolute atomic E-state index is 12.8. The molecule has 122 valence electrons. The summed E-state index contributed by atoms with van der Waals surface area (Å²) in [5.74, 6) is 0. The largest absolute Gasteiger partial charge is 0.327 e. The molecule has 1 unspecified atom stereocenters. The third-order valence-corrected chi connectivity index (χ3v) is 4.42. The van der Waals surface area contributed by atoms with Gasteiger partial charge in [0, 0.05) is 11.3 Å². The monoisotopic (exact) mass is 311 g/mol. The molecule has 0 aliphatic heterocycles. The van der Waals surface area contributed by atoms with E-state index in [0.29, 0.717) is 0 Å². The highest BCUT2D eigenvalue weighted by atomic mass is 32.2. The van der Waals surface area contributed by atoms with Crippen LogP contribution in [-0.2, 0) is 0 Å². The predicted octanol–water partition coefficient (Wildman–Crippen LogP) is 5.88. The molecule has 0 radical (unpaired) electrons. The third-order valence-electron chi connectivity index (χ3n) is 3.40. The van der Waals surface area contributed by atoms with Gasteiger partial charge in [0.25, 0.3) is 5.24 Å². The normalized spacial score (nSPS) is 22.3. The Kier molecular flexibility index (Phi) is 6.83. The fourth-order valence-electron chi connectivity index (χ4n) is 2.55. The molecule has 21 heavy (non-hydrogen) atoms. The van der Waals surface area contributed by atoms with Crippen molar-refractivity contribution in [2.24, 2.45) is 5.41 Å². The lowest BCUT2D eigenvalue weighted by atomic mass is 9.94. The van der Waals surface area contributed by atoms with Crippen LogP contribution < -0.4 is 0 Å². The minimum Gasteiger partial charge on any atom is -0.327 e. The summed E-state index contributed by atoms with van der Waals surface area (Å²) in [6, 6.07) is 0.270. The van der Waals surface area contributed by atoms with E-state index < -0.39 is 0 Å². The highest BCUT2D eigenvalue weighted by Gasteiger charge is 2.29. The van der Waals surface area contributed by atoms with Crippen molar-refractivity contribution in [2.45, 2.75) is 84.4 Å². The number of hydrogen-bond acceptors (Lipinski definition) is 2. The summed E-state index contributed by atoms with van der Waals surface area (Å²) in [5.41, 5.74) is 0.129. The van der Waals surface area contributed by atoms with Crippen LogP contribution in [0.4, 0.5) is 4.79 Å². The van der Waals surface area contributed by atoms with Crippen LogP contribution in [0, 0.1) is 5.41 Å². The number of thioether (sulfide) groups is 1. The Hall–Kier alpha value is -0.440. The smallest absolute Gasteiger partial charge is 0.282 e. The number of carbonyl (C=O) groups excluding carboxylic acids is 1. The first-order valence-electron chi connectivity index (χ1n) is 8.25. The standard InChI is InChI=1S/C18H33NOS/c1-17(2,3)14-19(16(20)21-18(4,5)6)15-12-10-8-7-9-11-13-15/h10,12,15H,7-9,11,13-14H2,1-6H3/b12-10+. The van der Waals surface area contributed by atoms with Gasteiger partial charge in [-0.15, -0.1) is 0 Å². The van der Waals surface area contributed by atoms with Crippen LogP contribution in [0.1, 0.15) is 73.6 Å². The second-order valence-corrected chi connectivity index (χ2v) is 10.1. The minimum absolute atomic E-state index is 0.0292. The Bertz CT molecular complexity index is 362. The van der Waals surface area contributed by atoms with Crippen LogP contribution >= 0.6 is 11.8 Å². The van der Waals surface area contributed by atoms with Gasteiger partial charge in [0.15, 0.2) is 0 Å². The highest BCUT2D eigenvalue weighted by Crippen LogP contribution is 2.31. The number of rotatable bonds is 2. The summed E-state index contributed by atoms with van der Waals surface area (Å²) in [7, 11) is 0. The summed E-state index contributed by atoms with van der Waals surface area (Å²) in [5, 5.41) is 0.229. The zero-order chi connectivity index (χ0) is 16.1. The first-order valence-corrected chi connectivity index (χ1v) is 9.06. The Morgan fingerprint density at radius 3 is 2.38 bits per heavy atom. The summed E-state index contributed by atoms with van der Waals surface area (Å²) in [4.78, 5) is 14.9. The van der Waals surface area contributed by atoms with Gasteiger partial charge in [0.05, 0.1) is 6.04 Å². The Morgan fingerprint density at radius 1 is 1.14 bits per heavy atom. The highest BCUT2D eigenvalue weighted by molar-refractivity contribution is 8.14. The molecule has 0 heterocycles. The molecule has 0 aromatic rings. The van der Waals surface area contributed by atoms with Crippen molar-refractivity contribution in [2.75, 3.05) is 6.54 Å². The zero-order valence-electron chi connectivity index (χ0n) is 14.7. The maximum Gasteiger partial charge on any atom is 0.282 e. The van der Waals surface area contributed by atoms with E-state index in [1.807, 2.05) is 0 Å². The van der Waals surface area contributed by atoms with Gasteiger partial charge in [-0.05, 0) is 24.7 Å². The number of carbonyl (C=O) groups is 1. The van der Waals surface area contributed by atoms with Crippen molar-refractivity contribution in [3.05, 3.63) is 12.2 Å². The quantitative estimate of drug-likeness (QED) is 0.594. The second kappa shape index (κ2) is 7.71. The zero-order valence-corrected chi connectivity index (χ0v) is 15.6. The average molecular weight is 312 g/mol. The first-order chi connectivity index (χ1) is 9.58. The molecule has 0 bridgehead atoms. The van der Waals surface area contributed by atoms with Gasteiger partial charge in [0.1, 0.15) is 0 Å². The van der Waals surface area contributed by atoms with Crippen LogP contribution in [0.15, 0.2) is 12.2 Å². The molecule has 1 atom stereocenters. The maximum atomic E-state index is 12.8. The molecule has 0 aromatic carbocycles. The third kappa shape index (κ3) is 7.94. The number of nitrogens with zero attached hydrogens (tertiary/aromatic N) is 1. The number of amides is 1. The lowest BCUT2D eigenvalue weighted by molar-refractivity contribution is 0.174. The van der Waals surface area contributed by atoms with E-state index in [1.54, 1.807) is 0 Å². The van der Waals surface area contributed by atoms with Crippen LogP contribution in [0.5, 0.6) is 0 Å². The van der Waals surface area contributed by atoms with Gasteiger partial charge >= 0.3 is 0 Å². The van der Waals surface area contributed by atoms with E-state index in [4.69, 9.17) is 0 Å². The van der Waals surface area contributed by atoms with E-state index in [2.05, 4.69) is 58.6 Å². The van der Waals surface area contributed by atoms with Crippen molar-refractivity contribution in [1.82, 2.24) is 4.90 Å². The molecule has 1 rings (SSSR count). The summed E-state index contributed by atoms with van der Waals surface area (Å²) in [6.45, 7) is 13.8. The van der Waals surface area contributed by atoms with Crippen molar-refractivity contribution in [3.63, 3.8) is 0 Å². The summed E-state index contributed by atoms with van der Waals surface area (Å²) >= 11 is 1.46. The fraction of sp³-hybridized carbons (Fsp3) is 0.833. The van der Waals surface area contributed by atoms with Crippen LogP contribution in [0.3, 0.4) is 0 Å². The van der Waals surface area contributed by atoms with E-state index in [0.717, 1.165) is 19.4 Å². The van der Waals surface area contributed by atoms with Crippen molar-refractivity contribution in [3.8, 4) is 0 Å². The minimum atomic E-state index is -0.0292. The fourth-order valence-corrected chi connectivity index (χ4v) is 3.39. The Morgan fingerprint density at radius 2 is 1.81 bits per heavy atom. The van der Waals surface area contributed by atoms with Gasteiger partial charge in [0.2, 0.25) is 0 Å². The van der Waals surface area contributed by atoms with E-state index in [-0.39, 0.29) is 21.4 Å². The molecule has 2 nitrogen and oxygen atoms in total. The Balaban J connectivity index is 2.89. The molecular formula is C18H33NOS. The van der Waals surface area contributed by atoms with Gasteiger partial charge in [-0.1, -0.05) is 78.3 Å². The molecule has 1 aliphatic rings. The lowest BCUT2D eigenvalue weighted by Gasteiger charge is -2.36. The molecule has 0 fully saturated rings. The first kappa shape index (κ1) is 18.6. The van der Waals surface area contributed by atoms with Crippen LogP contribution in [0.25, 0.3) is 0 Å². The Labute approximate surface area is 135 Å². The summed E-state index contributed by atoms with van der Waals surface area (Å²) < 4.78 is -0.0292. The molecular weight excluding hydrogens is 278 g/mol. The molecule has 3 heteroatoms.